The molecule has 1 aliphatic rings. The summed E-state index contributed by atoms with van der Waals surface area (Å²) in [7, 11) is 0. The van der Waals surface area contributed by atoms with Crippen LogP contribution in [0.4, 0.5) is 5.69 Å². The van der Waals surface area contributed by atoms with E-state index in [-0.39, 0.29) is 12.5 Å². The van der Waals surface area contributed by atoms with Crippen LogP contribution in [0.15, 0.2) is 41.5 Å². The highest BCUT2D eigenvalue weighted by Crippen LogP contribution is 2.26. The zero-order valence-corrected chi connectivity index (χ0v) is 15.8. The highest BCUT2D eigenvalue weighted by Gasteiger charge is 2.17. The second-order valence-electron chi connectivity index (χ2n) is 7.01. The van der Waals surface area contributed by atoms with Crippen LogP contribution in [0.2, 0.25) is 0 Å². The lowest BCUT2D eigenvalue weighted by Gasteiger charge is -2.12. The second-order valence-corrected chi connectivity index (χ2v) is 7.01. The zero-order chi connectivity index (χ0) is 19.5. The number of benzene rings is 1. The molecule has 3 heterocycles. The fraction of sp³-hybridized carbons (Fsp3) is 0.350. The summed E-state index contributed by atoms with van der Waals surface area (Å²) in [5, 5.41) is 11.6. The predicted molar refractivity (Wildman–Crippen MR) is 105 cm³/mol. The summed E-state index contributed by atoms with van der Waals surface area (Å²) < 4.78 is 3.45. The highest BCUT2D eigenvalue weighted by atomic mass is 16.2. The molecule has 2 aromatic heterocycles. The van der Waals surface area contributed by atoms with Crippen LogP contribution in [0.1, 0.15) is 30.7 Å². The van der Waals surface area contributed by atoms with Gasteiger partial charge in [-0.05, 0) is 37.5 Å². The van der Waals surface area contributed by atoms with Crippen molar-refractivity contribution in [3.05, 3.63) is 58.5 Å². The molecule has 0 saturated heterocycles. The first kappa shape index (κ1) is 18.1. The van der Waals surface area contributed by atoms with E-state index in [0.717, 1.165) is 48.6 Å². The first-order valence-electron chi connectivity index (χ1n) is 9.46. The molecule has 0 atom stereocenters. The Bertz CT molecular complexity index is 1070. The van der Waals surface area contributed by atoms with E-state index in [9.17, 15) is 9.59 Å². The van der Waals surface area contributed by atoms with Crippen molar-refractivity contribution in [2.24, 2.45) is 0 Å². The summed E-state index contributed by atoms with van der Waals surface area (Å²) in [6, 6.07) is 7.50. The maximum Gasteiger partial charge on any atom is 0.347 e. The topological polar surface area (TPSA) is 94.7 Å². The number of amides is 1. The molecule has 1 aliphatic heterocycles. The van der Waals surface area contributed by atoms with Gasteiger partial charge in [-0.2, -0.15) is 0 Å². The van der Waals surface area contributed by atoms with Gasteiger partial charge in [0.05, 0.1) is 0 Å². The first-order valence-corrected chi connectivity index (χ1v) is 9.46. The number of nitrogens with zero attached hydrogens (tertiary/aromatic N) is 5. The SMILES string of the molecule is Cc1ccc(-c2nnc3n2CCCCC3)cc1NC(=O)Cn1cccnc1=O. The van der Waals surface area contributed by atoms with Crippen LogP contribution in [-0.2, 0) is 24.3 Å². The maximum absolute atomic E-state index is 12.4. The summed E-state index contributed by atoms with van der Waals surface area (Å²) in [6.45, 7) is 2.76. The Morgan fingerprint density at radius 1 is 1.21 bits per heavy atom. The molecule has 8 heteroatoms. The van der Waals surface area contributed by atoms with Crippen molar-refractivity contribution in [1.29, 1.82) is 0 Å². The van der Waals surface area contributed by atoms with Gasteiger partial charge in [-0.1, -0.05) is 18.6 Å². The smallest absolute Gasteiger partial charge is 0.324 e. The predicted octanol–water partition coefficient (Wildman–Crippen LogP) is 2.18. The molecule has 28 heavy (non-hydrogen) atoms. The Balaban J connectivity index is 1.58. The lowest BCUT2D eigenvalue weighted by molar-refractivity contribution is -0.116. The Kier molecular flexibility index (Phi) is 5.01. The van der Waals surface area contributed by atoms with E-state index in [0.29, 0.717) is 5.69 Å². The summed E-state index contributed by atoms with van der Waals surface area (Å²) in [5.41, 5.74) is 2.10. The van der Waals surface area contributed by atoms with Gasteiger partial charge in [-0.25, -0.2) is 9.78 Å². The molecule has 4 rings (SSSR count). The summed E-state index contributed by atoms with van der Waals surface area (Å²) in [6.07, 6.45) is 7.36. The number of rotatable bonds is 4. The largest absolute Gasteiger partial charge is 0.347 e. The van der Waals surface area contributed by atoms with Crippen LogP contribution in [0, 0.1) is 6.92 Å². The van der Waals surface area contributed by atoms with Gasteiger partial charge in [0.25, 0.3) is 0 Å². The average molecular weight is 378 g/mol. The van der Waals surface area contributed by atoms with Gasteiger partial charge in [0, 0.05) is 36.6 Å². The lowest BCUT2D eigenvalue weighted by Crippen LogP contribution is -2.28. The first-order chi connectivity index (χ1) is 13.6. The van der Waals surface area contributed by atoms with Crippen molar-refractivity contribution in [2.45, 2.75) is 45.7 Å². The third-order valence-corrected chi connectivity index (χ3v) is 4.98. The number of hydrogen-bond acceptors (Lipinski definition) is 5. The van der Waals surface area contributed by atoms with Gasteiger partial charge in [-0.3, -0.25) is 9.36 Å². The van der Waals surface area contributed by atoms with E-state index in [1.54, 1.807) is 12.3 Å². The zero-order valence-electron chi connectivity index (χ0n) is 15.8. The van der Waals surface area contributed by atoms with Crippen LogP contribution in [-0.4, -0.2) is 30.2 Å². The van der Waals surface area contributed by atoms with Gasteiger partial charge in [0.15, 0.2) is 5.82 Å². The van der Waals surface area contributed by atoms with E-state index in [4.69, 9.17) is 0 Å². The van der Waals surface area contributed by atoms with E-state index in [1.165, 1.54) is 17.2 Å². The fourth-order valence-corrected chi connectivity index (χ4v) is 3.45. The minimum Gasteiger partial charge on any atom is -0.324 e. The van der Waals surface area contributed by atoms with Gasteiger partial charge in [0.1, 0.15) is 12.4 Å². The normalized spacial score (nSPS) is 13.6. The minimum atomic E-state index is -0.450. The minimum absolute atomic E-state index is 0.0866. The van der Waals surface area contributed by atoms with Gasteiger partial charge < -0.3 is 9.88 Å². The van der Waals surface area contributed by atoms with E-state index in [1.807, 2.05) is 25.1 Å². The van der Waals surface area contributed by atoms with Crippen LogP contribution >= 0.6 is 0 Å². The second kappa shape index (κ2) is 7.75. The molecule has 1 aromatic carbocycles. The number of fused-ring (bicyclic) bond motifs is 1. The van der Waals surface area contributed by atoms with Crippen LogP contribution < -0.4 is 11.0 Å². The monoisotopic (exact) mass is 378 g/mol. The number of aryl methyl sites for hydroxylation is 2. The standard InChI is InChI=1S/C20H22N6O2/c1-14-7-8-15(19-24-23-17-6-3-2-4-11-26(17)19)12-16(14)22-18(27)13-25-10-5-9-21-20(25)28/h5,7-10,12H,2-4,6,11,13H2,1H3,(H,22,27). The van der Waals surface area contributed by atoms with Crippen molar-refractivity contribution in [3.8, 4) is 11.4 Å². The summed E-state index contributed by atoms with van der Waals surface area (Å²) in [4.78, 5) is 27.8. The molecule has 1 amide bonds. The summed E-state index contributed by atoms with van der Waals surface area (Å²) >= 11 is 0. The lowest BCUT2D eigenvalue weighted by atomic mass is 10.1. The Hall–Kier alpha value is -3.29. The molecular weight excluding hydrogens is 356 g/mol. The molecule has 1 N–H and O–H groups in total. The number of anilines is 1. The van der Waals surface area contributed by atoms with Crippen molar-refractivity contribution in [2.75, 3.05) is 5.32 Å². The Morgan fingerprint density at radius 2 is 2.11 bits per heavy atom. The van der Waals surface area contributed by atoms with Crippen molar-refractivity contribution in [1.82, 2.24) is 24.3 Å². The quantitative estimate of drug-likeness (QED) is 0.751. The number of carbonyl (C=O) groups is 1. The molecule has 0 aliphatic carbocycles. The van der Waals surface area contributed by atoms with Gasteiger partial charge in [-0.15, -0.1) is 10.2 Å². The molecule has 8 nitrogen and oxygen atoms in total. The van der Waals surface area contributed by atoms with Crippen LogP contribution in [0.5, 0.6) is 0 Å². The van der Waals surface area contributed by atoms with Crippen LogP contribution in [0.3, 0.4) is 0 Å². The summed E-state index contributed by atoms with van der Waals surface area (Å²) in [5.74, 6) is 1.57. The highest BCUT2D eigenvalue weighted by molar-refractivity contribution is 5.92. The molecule has 0 spiro atoms. The fourth-order valence-electron chi connectivity index (χ4n) is 3.45. The van der Waals surface area contributed by atoms with E-state index in [2.05, 4.69) is 25.1 Å². The van der Waals surface area contributed by atoms with E-state index < -0.39 is 5.69 Å². The third kappa shape index (κ3) is 3.71. The number of aromatic nitrogens is 5. The number of nitrogens with one attached hydrogen (secondary N) is 1. The third-order valence-electron chi connectivity index (χ3n) is 4.98. The molecule has 0 bridgehead atoms. The molecule has 3 aromatic rings. The van der Waals surface area contributed by atoms with Crippen LogP contribution in [0.25, 0.3) is 11.4 Å². The Labute approximate surface area is 162 Å². The van der Waals surface area contributed by atoms with Crippen molar-refractivity contribution in [3.63, 3.8) is 0 Å². The van der Waals surface area contributed by atoms with Gasteiger partial charge in [0.2, 0.25) is 5.91 Å². The number of hydrogen-bond donors (Lipinski definition) is 1. The Morgan fingerprint density at radius 3 is 2.96 bits per heavy atom. The average Bonchev–Trinajstić information content (AvgIpc) is 2.93. The molecule has 0 fully saturated rings. The maximum atomic E-state index is 12.4. The molecule has 0 unspecified atom stereocenters. The van der Waals surface area contributed by atoms with E-state index >= 15 is 0 Å². The van der Waals surface area contributed by atoms with Gasteiger partial charge >= 0.3 is 5.69 Å². The molecule has 144 valence electrons. The molecule has 0 saturated carbocycles. The number of carbonyl (C=O) groups excluding carboxylic acids is 1. The molecule has 0 radical (unpaired) electrons. The molecular formula is C20H22N6O2. The van der Waals surface area contributed by atoms with Crippen molar-refractivity contribution >= 4 is 11.6 Å². The van der Waals surface area contributed by atoms with Crippen molar-refractivity contribution < 1.29 is 4.79 Å².